The van der Waals surface area contributed by atoms with Crippen LogP contribution in [0.4, 0.5) is 13.2 Å². The van der Waals surface area contributed by atoms with E-state index in [2.05, 4.69) is 15.1 Å². The second kappa shape index (κ2) is 2.81. The molecule has 2 aromatic heterocycles. The van der Waals surface area contributed by atoms with Crippen LogP contribution in [0.15, 0.2) is 11.1 Å². The Morgan fingerprint density at radius 3 is 2.73 bits per heavy atom. The number of aromatic nitrogens is 4. The number of hydrogen-bond acceptors (Lipinski definition) is 3. The molecular formula is C7H5F3N4O. The minimum Gasteiger partial charge on any atom is -0.312 e. The molecule has 0 unspecified atom stereocenters. The molecule has 0 saturated carbocycles. The van der Waals surface area contributed by atoms with Gasteiger partial charge in [-0.1, -0.05) is 0 Å². The lowest BCUT2D eigenvalue weighted by Crippen LogP contribution is -2.13. The number of halogens is 3. The molecule has 8 heteroatoms. The number of alkyl halides is 3. The second-order valence-corrected chi connectivity index (χ2v) is 2.90. The maximum atomic E-state index is 12.5. The van der Waals surface area contributed by atoms with Crippen LogP contribution in [-0.4, -0.2) is 19.7 Å². The van der Waals surface area contributed by atoms with Gasteiger partial charge in [0.1, 0.15) is 5.39 Å². The average molecular weight is 218 g/mol. The lowest BCUT2D eigenvalue weighted by molar-refractivity contribution is -0.140. The van der Waals surface area contributed by atoms with E-state index in [0.29, 0.717) is 0 Å². The van der Waals surface area contributed by atoms with Crippen molar-refractivity contribution in [3.8, 4) is 0 Å². The number of fused-ring (bicyclic) bond motifs is 1. The van der Waals surface area contributed by atoms with Gasteiger partial charge in [0.15, 0.2) is 11.3 Å². The Balaban J connectivity index is 2.94. The van der Waals surface area contributed by atoms with E-state index in [0.717, 1.165) is 11.0 Å². The van der Waals surface area contributed by atoms with Crippen LogP contribution >= 0.6 is 0 Å². The normalized spacial score (nSPS) is 12.3. The smallest absolute Gasteiger partial charge is 0.312 e. The van der Waals surface area contributed by atoms with Gasteiger partial charge in [-0.2, -0.15) is 18.3 Å². The monoisotopic (exact) mass is 218 g/mol. The Hall–Kier alpha value is -1.86. The number of nitrogens with zero attached hydrogens (tertiary/aromatic N) is 3. The molecule has 0 aromatic carbocycles. The summed E-state index contributed by atoms with van der Waals surface area (Å²) in [4.78, 5) is 16.9. The van der Waals surface area contributed by atoms with Crippen LogP contribution < -0.4 is 5.56 Å². The molecule has 0 spiro atoms. The first-order chi connectivity index (χ1) is 6.91. The van der Waals surface area contributed by atoms with Crippen molar-refractivity contribution in [2.45, 2.75) is 6.18 Å². The predicted molar refractivity (Wildman–Crippen MR) is 44.1 cm³/mol. The van der Waals surface area contributed by atoms with Gasteiger partial charge in [0.05, 0.1) is 6.33 Å². The second-order valence-electron chi connectivity index (χ2n) is 2.90. The van der Waals surface area contributed by atoms with Gasteiger partial charge in [-0.25, -0.2) is 9.67 Å². The Morgan fingerprint density at radius 1 is 1.47 bits per heavy atom. The molecule has 5 nitrogen and oxygen atoms in total. The number of aryl methyl sites for hydroxylation is 1. The fourth-order valence-corrected chi connectivity index (χ4v) is 1.29. The highest BCUT2D eigenvalue weighted by Gasteiger charge is 2.38. The van der Waals surface area contributed by atoms with Gasteiger partial charge in [-0.3, -0.25) is 4.79 Å². The van der Waals surface area contributed by atoms with Crippen molar-refractivity contribution in [2.24, 2.45) is 7.05 Å². The maximum Gasteiger partial charge on any atom is 0.436 e. The first-order valence-electron chi connectivity index (χ1n) is 3.89. The third-order valence-electron chi connectivity index (χ3n) is 1.89. The Kier molecular flexibility index (Phi) is 1.82. The Bertz CT molecular complexity index is 568. The number of nitrogens with one attached hydrogen (secondary N) is 1. The van der Waals surface area contributed by atoms with Gasteiger partial charge in [-0.05, 0) is 0 Å². The van der Waals surface area contributed by atoms with Gasteiger partial charge in [-0.15, -0.1) is 0 Å². The van der Waals surface area contributed by atoms with Crippen molar-refractivity contribution in [1.29, 1.82) is 0 Å². The molecule has 0 aliphatic carbocycles. The number of rotatable bonds is 0. The van der Waals surface area contributed by atoms with Gasteiger partial charge in [0.2, 0.25) is 0 Å². The minimum absolute atomic E-state index is 0.0916. The standard InChI is InChI=1S/C7H5F3N4O/c1-14-5-3(6(15)12-2-11-5)4(13-14)7(8,9)10/h2H,1H3,(H,11,12,15). The van der Waals surface area contributed by atoms with Crippen LogP contribution in [0.5, 0.6) is 0 Å². The van der Waals surface area contributed by atoms with Crippen LogP contribution in [0.3, 0.4) is 0 Å². The van der Waals surface area contributed by atoms with Crippen molar-refractivity contribution >= 4 is 11.0 Å². The molecule has 15 heavy (non-hydrogen) atoms. The molecule has 2 aromatic rings. The van der Waals surface area contributed by atoms with Crippen LogP contribution in [-0.2, 0) is 13.2 Å². The summed E-state index contributed by atoms with van der Waals surface area (Å²) in [7, 11) is 1.30. The summed E-state index contributed by atoms with van der Waals surface area (Å²) < 4.78 is 38.3. The lowest BCUT2D eigenvalue weighted by atomic mass is 10.3. The van der Waals surface area contributed by atoms with Crippen LogP contribution in [0.1, 0.15) is 5.69 Å². The molecule has 1 N–H and O–H groups in total. The fourth-order valence-electron chi connectivity index (χ4n) is 1.29. The number of H-pyrrole nitrogens is 1. The summed E-state index contributed by atoms with van der Waals surface area (Å²) in [6.45, 7) is 0. The molecule has 80 valence electrons. The topological polar surface area (TPSA) is 63.6 Å². The highest BCUT2D eigenvalue weighted by Crippen LogP contribution is 2.31. The molecule has 0 amide bonds. The summed E-state index contributed by atoms with van der Waals surface area (Å²) in [5.41, 5.74) is -2.15. The van der Waals surface area contributed by atoms with Gasteiger partial charge < -0.3 is 4.98 Å². The van der Waals surface area contributed by atoms with Gasteiger partial charge in [0, 0.05) is 7.05 Å². The average Bonchev–Trinajstić information content (AvgIpc) is 2.45. The number of hydrogen-bond donors (Lipinski definition) is 1. The fraction of sp³-hybridized carbons (Fsp3) is 0.286. The summed E-state index contributed by atoms with van der Waals surface area (Å²) in [5.74, 6) is 0. The third kappa shape index (κ3) is 1.37. The zero-order valence-corrected chi connectivity index (χ0v) is 7.46. The highest BCUT2D eigenvalue weighted by molar-refractivity contribution is 5.77. The third-order valence-corrected chi connectivity index (χ3v) is 1.89. The van der Waals surface area contributed by atoms with E-state index in [9.17, 15) is 18.0 Å². The van der Waals surface area contributed by atoms with Crippen LogP contribution in [0, 0.1) is 0 Å². The summed E-state index contributed by atoms with van der Waals surface area (Å²) in [6.07, 6.45) is -3.62. The van der Waals surface area contributed by atoms with Crippen molar-refractivity contribution in [1.82, 2.24) is 19.7 Å². The predicted octanol–water partition coefficient (Wildman–Crippen LogP) is 0.675. The first kappa shape index (κ1) is 9.69. The van der Waals surface area contributed by atoms with Crippen molar-refractivity contribution in [3.05, 3.63) is 22.4 Å². The van der Waals surface area contributed by atoms with E-state index in [1.807, 2.05) is 0 Å². The molecule has 0 aliphatic heterocycles. The highest BCUT2D eigenvalue weighted by atomic mass is 19.4. The maximum absolute atomic E-state index is 12.5. The number of aromatic amines is 1. The molecule has 0 aliphatic rings. The molecule has 0 atom stereocenters. The largest absolute Gasteiger partial charge is 0.436 e. The molecule has 2 heterocycles. The van der Waals surface area contributed by atoms with E-state index in [-0.39, 0.29) is 5.65 Å². The van der Waals surface area contributed by atoms with Gasteiger partial charge in [0.25, 0.3) is 5.56 Å². The Labute approximate surface area is 80.5 Å². The van der Waals surface area contributed by atoms with E-state index in [1.165, 1.54) is 7.05 Å². The SMILES string of the molecule is Cn1nc(C(F)(F)F)c2c(=O)[nH]cnc21. The molecule has 2 rings (SSSR count). The summed E-state index contributed by atoms with van der Waals surface area (Å²) >= 11 is 0. The van der Waals surface area contributed by atoms with Crippen LogP contribution in [0.25, 0.3) is 11.0 Å². The molecule has 0 bridgehead atoms. The zero-order chi connectivity index (χ0) is 11.2. The summed E-state index contributed by atoms with van der Waals surface area (Å²) in [6, 6.07) is 0. The minimum atomic E-state index is -4.66. The Morgan fingerprint density at radius 2 is 2.13 bits per heavy atom. The van der Waals surface area contributed by atoms with E-state index in [1.54, 1.807) is 0 Å². The van der Waals surface area contributed by atoms with E-state index >= 15 is 0 Å². The molecule has 0 radical (unpaired) electrons. The van der Waals surface area contributed by atoms with Gasteiger partial charge >= 0.3 is 6.18 Å². The zero-order valence-electron chi connectivity index (χ0n) is 7.46. The van der Waals surface area contributed by atoms with Crippen molar-refractivity contribution in [3.63, 3.8) is 0 Å². The molecular weight excluding hydrogens is 213 g/mol. The van der Waals surface area contributed by atoms with E-state index < -0.39 is 22.8 Å². The lowest BCUT2D eigenvalue weighted by Gasteiger charge is -2.00. The first-order valence-corrected chi connectivity index (χ1v) is 3.89. The van der Waals surface area contributed by atoms with E-state index in [4.69, 9.17) is 0 Å². The van der Waals surface area contributed by atoms with Crippen molar-refractivity contribution in [2.75, 3.05) is 0 Å². The quantitative estimate of drug-likeness (QED) is 0.707. The van der Waals surface area contributed by atoms with Crippen LogP contribution in [0.2, 0.25) is 0 Å². The molecule has 0 fully saturated rings. The summed E-state index contributed by atoms with van der Waals surface area (Å²) in [5, 5.41) is 2.70. The van der Waals surface area contributed by atoms with Crippen molar-refractivity contribution < 1.29 is 13.2 Å². The molecule has 0 saturated heterocycles.